The second-order valence-electron chi connectivity index (χ2n) is 20.0. The van der Waals surface area contributed by atoms with Gasteiger partial charge in [-0.3, -0.25) is 24.3 Å². The lowest BCUT2D eigenvalue weighted by Crippen LogP contribution is -2.56. The fourth-order valence-corrected chi connectivity index (χ4v) is 10.8. The van der Waals surface area contributed by atoms with Gasteiger partial charge in [-0.05, 0) is 61.4 Å². The minimum Gasteiger partial charge on any atom is -0.495 e. The molecule has 19 heteroatoms. The lowest BCUT2D eigenvalue weighted by atomic mass is 9.85. The Labute approximate surface area is 448 Å². The SMILES string of the molecule is COc1cc(Nc2c(C#N)cnc3cc(OCCCN4CCN(C(=O)CCCCCCCNC(C(=O)N5C[C@H](O)C[C@H]5C(=O)NCc5ccc(-c6scnc6C)cc5)C(C)(C)C)CC4)c(OC)cc23)c(Cl)cc1Cl. The van der Waals surface area contributed by atoms with Gasteiger partial charge in [0.25, 0.3) is 0 Å². The number of piperazine rings is 1. The first-order valence-electron chi connectivity index (χ1n) is 25.4. The van der Waals surface area contributed by atoms with Crippen molar-refractivity contribution in [2.75, 3.05) is 72.0 Å². The van der Waals surface area contributed by atoms with Gasteiger partial charge in [0.2, 0.25) is 17.7 Å². The number of ether oxygens (including phenoxy) is 3. The number of unbranched alkanes of at least 4 members (excludes halogenated alkanes) is 4. The number of aliphatic hydroxyl groups is 1. The third kappa shape index (κ3) is 14.3. The number of thiazole rings is 1. The number of amides is 3. The van der Waals surface area contributed by atoms with Gasteiger partial charge in [-0.2, -0.15) is 5.26 Å². The van der Waals surface area contributed by atoms with Gasteiger partial charge >= 0.3 is 0 Å². The Kier molecular flexibility index (Phi) is 19.8. The topological polar surface area (TPSA) is 195 Å². The number of hydrogen-bond acceptors (Lipinski definition) is 14. The Bertz CT molecular complexity index is 2770. The van der Waals surface area contributed by atoms with Crippen LogP contribution in [-0.2, 0) is 20.9 Å². The number of benzene rings is 3. The number of pyridine rings is 1. The first kappa shape index (κ1) is 56.0. The summed E-state index contributed by atoms with van der Waals surface area (Å²) in [6.07, 6.45) is 6.87. The van der Waals surface area contributed by atoms with Gasteiger partial charge in [0.15, 0.2) is 11.5 Å². The predicted molar refractivity (Wildman–Crippen MR) is 292 cm³/mol. The zero-order valence-corrected chi connectivity index (χ0v) is 45.6. The van der Waals surface area contributed by atoms with Crippen LogP contribution in [0, 0.1) is 23.7 Å². The van der Waals surface area contributed by atoms with E-state index in [9.17, 15) is 24.8 Å². The predicted octanol–water partition coefficient (Wildman–Crippen LogP) is 9.14. The smallest absolute Gasteiger partial charge is 0.243 e. The molecule has 2 aromatic heterocycles. The Hall–Kier alpha value is -5.74. The third-order valence-electron chi connectivity index (χ3n) is 13.7. The highest BCUT2D eigenvalue weighted by molar-refractivity contribution is 7.13. The molecule has 74 heavy (non-hydrogen) atoms. The zero-order chi connectivity index (χ0) is 52.9. The second-order valence-corrected chi connectivity index (χ2v) is 21.7. The molecule has 7 rings (SSSR count). The number of nitrogens with zero attached hydrogens (tertiary/aromatic N) is 6. The van der Waals surface area contributed by atoms with Crippen LogP contribution in [0.4, 0.5) is 11.4 Å². The number of methoxy groups -OCH3 is 2. The van der Waals surface area contributed by atoms with Crippen LogP contribution in [0.3, 0.4) is 0 Å². The van der Waals surface area contributed by atoms with Gasteiger partial charge in [0.1, 0.15) is 17.9 Å². The molecule has 2 fully saturated rings. The van der Waals surface area contributed by atoms with Gasteiger partial charge < -0.3 is 45.1 Å². The van der Waals surface area contributed by atoms with E-state index in [0.29, 0.717) is 94.3 Å². The molecule has 2 saturated heterocycles. The van der Waals surface area contributed by atoms with E-state index in [2.05, 4.69) is 36.9 Å². The molecular formula is C55H69Cl2N9O7S. The number of hydrogen-bond donors (Lipinski definition) is 4. The highest BCUT2D eigenvalue weighted by Crippen LogP contribution is 2.41. The number of likely N-dealkylation sites (tertiary alicyclic amines) is 1. The number of fused-ring (bicyclic) bond motifs is 1. The Morgan fingerprint density at radius 3 is 2.34 bits per heavy atom. The van der Waals surface area contributed by atoms with Crippen LogP contribution < -0.4 is 30.2 Å². The van der Waals surface area contributed by atoms with Crippen LogP contribution in [0.15, 0.2) is 60.2 Å². The minimum absolute atomic E-state index is 0.122. The van der Waals surface area contributed by atoms with Crippen molar-refractivity contribution < 1.29 is 33.7 Å². The van der Waals surface area contributed by atoms with Crippen LogP contribution in [0.1, 0.15) is 89.0 Å². The number of nitrogens with one attached hydrogen (secondary N) is 3. The molecule has 5 aromatic rings. The van der Waals surface area contributed by atoms with Crippen molar-refractivity contribution in [1.82, 2.24) is 35.3 Å². The Balaban J connectivity index is 0.777. The second kappa shape index (κ2) is 26.2. The fourth-order valence-electron chi connectivity index (χ4n) is 9.53. The first-order valence-corrected chi connectivity index (χ1v) is 27.0. The summed E-state index contributed by atoms with van der Waals surface area (Å²) >= 11 is 14.4. The van der Waals surface area contributed by atoms with E-state index in [4.69, 9.17) is 37.4 Å². The molecule has 0 bridgehead atoms. The van der Waals surface area contributed by atoms with E-state index >= 15 is 0 Å². The van der Waals surface area contributed by atoms with Crippen molar-refractivity contribution >= 4 is 74.5 Å². The number of β-amino-alcohol motifs (C(OH)–C–C–N with tert-alkyl or cyclic N) is 1. The van der Waals surface area contributed by atoms with Gasteiger partial charge in [0, 0.05) is 82.4 Å². The number of aromatic nitrogens is 2. The van der Waals surface area contributed by atoms with Crippen LogP contribution in [0.5, 0.6) is 17.2 Å². The van der Waals surface area contributed by atoms with Gasteiger partial charge in [-0.25, -0.2) is 4.98 Å². The summed E-state index contributed by atoms with van der Waals surface area (Å²) in [6.45, 7) is 13.4. The molecule has 396 valence electrons. The zero-order valence-electron chi connectivity index (χ0n) is 43.3. The Morgan fingerprint density at radius 2 is 1.65 bits per heavy atom. The first-order chi connectivity index (χ1) is 35.6. The van der Waals surface area contributed by atoms with Gasteiger partial charge in [-0.1, -0.05) is 87.5 Å². The molecule has 0 spiro atoms. The van der Waals surface area contributed by atoms with E-state index in [1.54, 1.807) is 47.6 Å². The number of carbonyl (C=O) groups is 3. The van der Waals surface area contributed by atoms with E-state index in [-0.39, 0.29) is 30.7 Å². The lowest BCUT2D eigenvalue weighted by Gasteiger charge is -2.35. The number of halogens is 2. The molecular weight excluding hydrogens is 1000 g/mol. The number of aryl methyl sites for hydroxylation is 1. The van der Waals surface area contributed by atoms with Gasteiger partial charge in [-0.15, -0.1) is 11.3 Å². The summed E-state index contributed by atoms with van der Waals surface area (Å²) in [5.74, 6) is 1.23. The highest BCUT2D eigenvalue weighted by atomic mass is 35.5. The van der Waals surface area contributed by atoms with Crippen LogP contribution in [0.25, 0.3) is 21.3 Å². The fraction of sp³-hybridized carbons (Fsp3) is 0.491. The summed E-state index contributed by atoms with van der Waals surface area (Å²) in [5.41, 5.74) is 6.36. The molecule has 4 heterocycles. The van der Waals surface area contributed by atoms with Crippen LogP contribution >= 0.6 is 34.5 Å². The quantitative estimate of drug-likeness (QED) is 0.0453. The molecule has 3 atom stereocenters. The van der Waals surface area contributed by atoms with E-state index in [1.165, 1.54) is 13.3 Å². The van der Waals surface area contributed by atoms with Crippen molar-refractivity contribution in [2.24, 2.45) is 5.41 Å². The van der Waals surface area contributed by atoms with Crippen molar-refractivity contribution in [3.05, 3.63) is 87.1 Å². The molecule has 0 radical (unpaired) electrons. The average molecular weight is 1070 g/mol. The maximum absolute atomic E-state index is 14.1. The number of carbonyl (C=O) groups excluding carboxylic acids is 3. The number of rotatable bonds is 23. The van der Waals surface area contributed by atoms with Crippen LogP contribution in [-0.4, -0.2) is 132 Å². The maximum atomic E-state index is 14.1. The summed E-state index contributed by atoms with van der Waals surface area (Å²) < 4.78 is 17.3. The molecule has 3 amide bonds. The summed E-state index contributed by atoms with van der Waals surface area (Å²) in [6, 6.07) is 15.8. The number of nitriles is 1. The van der Waals surface area contributed by atoms with Crippen LogP contribution in [0.2, 0.25) is 10.0 Å². The number of anilines is 2. The van der Waals surface area contributed by atoms with E-state index < -0.39 is 23.6 Å². The molecule has 2 aliphatic rings. The molecule has 16 nitrogen and oxygen atoms in total. The van der Waals surface area contributed by atoms with Crippen molar-refractivity contribution in [3.8, 4) is 33.8 Å². The standard InChI is InChI=1S/C55H69Cl2N9O7S/c1-35-51(74-34-62-35)37-16-14-36(15-17-37)31-61-53(69)45-25-39(67)33-66(45)54(70)52(55(2,3)4)59-18-11-9-7-8-10-13-49(68)65-22-20-64(21-23-65)19-12-24-73-48-28-43-40(26-47(48)72-6)50(38(30-58)32-60-43)63-44-29-46(71-5)42(57)27-41(44)56/h14-17,26-29,32,34,39,45,52,59,67H,7-13,18-25,31,33H2,1-6H3,(H,60,63)(H,61,69)/t39-,45+,52?/m1/s1. The van der Waals surface area contributed by atoms with Crippen molar-refractivity contribution in [1.29, 1.82) is 5.26 Å². The monoisotopic (exact) mass is 1070 g/mol. The van der Waals surface area contributed by atoms with E-state index in [1.807, 2.05) is 62.4 Å². The average Bonchev–Trinajstić information content (AvgIpc) is 4.01. The maximum Gasteiger partial charge on any atom is 0.243 e. The largest absolute Gasteiger partial charge is 0.495 e. The minimum atomic E-state index is -0.767. The molecule has 4 N–H and O–H groups in total. The highest BCUT2D eigenvalue weighted by Gasteiger charge is 2.43. The third-order valence-corrected chi connectivity index (χ3v) is 15.3. The summed E-state index contributed by atoms with van der Waals surface area (Å²) in [4.78, 5) is 56.6. The van der Waals surface area contributed by atoms with Crippen molar-refractivity contribution in [3.63, 3.8) is 0 Å². The normalized spacial score (nSPS) is 16.5. The molecule has 3 aromatic carbocycles. The molecule has 1 unspecified atom stereocenters. The Morgan fingerprint density at radius 1 is 0.919 bits per heavy atom. The lowest BCUT2D eigenvalue weighted by molar-refractivity contribution is -0.142. The van der Waals surface area contributed by atoms with Gasteiger partial charge in [0.05, 0.1) is 81.6 Å². The number of aliphatic hydroxyl groups excluding tert-OH is 1. The van der Waals surface area contributed by atoms with Crippen molar-refractivity contribution in [2.45, 2.75) is 104 Å². The summed E-state index contributed by atoms with van der Waals surface area (Å²) in [5, 5.41) is 31.7. The molecule has 0 aliphatic carbocycles. The summed E-state index contributed by atoms with van der Waals surface area (Å²) in [7, 11) is 3.08. The van der Waals surface area contributed by atoms with E-state index in [0.717, 1.165) is 79.9 Å². The molecule has 2 aliphatic heterocycles. The molecule has 0 saturated carbocycles.